The molecule has 27 heavy (non-hydrogen) atoms. The summed E-state index contributed by atoms with van der Waals surface area (Å²) in [6.07, 6.45) is 0. The SMILES string of the molecule is COC(=O)C(C)(C)[C@H](N[C@H](C)c1cccc2ccccc12)c1ccccc1. The maximum absolute atomic E-state index is 12.5. The number of methoxy groups -OCH3 is 1. The summed E-state index contributed by atoms with van der Waals surface area (Å²) in [5.74, 6) is -0.228. The summed E-state index contributed by atoms with van der Waals surface area (Å²) < 4.78 is 5.10. The van der Waals surface area contributed by atoms with Crippen LogP contribution < -0.4 is 5.32 Å². The van der Waals surface area contributed by atoms with E-state index in [2.05, 4.69) is 66.8 Å². The molecule has 0 aliphatic rings. The smallest absolute Gasteiger partial charge is 0.313 e. The van der Waals surface area contributed by atoms with E-state index in [9.17, 15) is 4.79 Å². The van der Waals surface area contributed by atoms with E-state index in [4.69, 9.17) is 4.74 Å². The summed E-state index contributed by atoms with van der Waals surface area (Å²) in [5, 5.41) is 6.14. The highest BCUT2D eigenvalue weighted by Crippen LogP contribution is 2.37. The van der Waals surface area contributed by atoms with Crippen molar-refractivity contribution in [3.8, 4) is 0 Å². The Hall–Kier alpha value is -2.65. The van der Waals surface area contributed by atoms with Crippen molar-refractivity contribution in [1.29, 1.82) is 0 Å². The lowest BCUT2D eigenvalue weighted by molar-refractivity contribution is -0.152. The fourth-order valence-corrected chi connectivity index (χ4v) is 3.72. The highest BCUT2D eigenvalue weighted by molar-refractivity contribution is 5.86. The van der Waals surface area contributed by atoms with Gasteiger partial charge in [0.25, 0.3) is 0 Å². The van der Waals surface area contributed by atoms with Gasteiger partial charge in [-0.2, -0.15) is 0 Å². The monoisotopic (exact) mass is 361 g/mol. The average Bonchev–Trinajstić information content (AvgIpc) is 2.71. The van der Waals surface area contributed by atoms with E-state index in [1.807, 2.05) is 32.0 Å². The van der Waals surface area contributed by atoms with Crippen LogP contribution in [0.15, 0.2) is 72.8 Å². The van der Waals surface area contributed by atoms with Crippen LogP contribution in [-0.2, 0) is 9.53 Å². The number of ether oxygens (including phenoxy) is 1. The molecule has 0 saturated carbocycles. The molecule has 140 valence electrons. The molecule has 0 unspecified atom stereocenters. The second-order valence-electron chi connectivity index (χ2n) is 7.51. The first-order chi connectivity index (χ1) is 12.9. The van der Waals surface area contributed by atoms with Crippen molar-refractivity contribution in [3.63, 3.8) is 0 Å². The summed E-state index contributed by atoms with van der Waals surface area (Å²) >= 11 is 0. The molecule has 0 radical (unpaired) electrons. The molecule has 0 spiro atoms. The Morgan fingerprint density at radius 3 is 2.26 bits per heavy atom. The number of carbonyl (C=O) groups is 1. The molecule has 0 bridgehead atoms. The molecule has 3 heteroatoms. The fourth-order valence-electron chi connectivity index (χ4n) is 3.72. The van der Waals surface area contributed by atoms with Gasteiger partial charge in [0.15, 0.2) is 0 Å². The molecule has 0 aromatic heterocycles. The van der Waals surface area contributed by atoms with Crippen molar-refractivity contribution in [2.75, 3.05) is 7.11 Å². The first kappa shape index (κ1) is 19.1. The van der Waals surface area contributed by atoms with Crippen LogP contribution in [0.4, 0.5) is 0 Å². The van der Waals surface area contributed by atoms with Gasteiger partial charge in [-0.15, -0.1) is 0 Å². The summed E-state index contributed by atoms with van der Waals surface area (Å²) in [5.41, 5.74) is 1.57. The summed E-state index contributed by atoms with van der Waals surface area (Å²) in [6.45, 7) is 6.00. The highest BCUT2D eigenvalue weighted by atomic mass is 16.5. The Morgan fingerprint density at radius 2 is 1.56 bits per heavy atom. The molecule has 3 nitrogen and oxygen atoms in total. The van der Waals surface area contributed by atoms with E-state index in [1.54, 1.807) is 0 Å². The van der Waals surface area contributed by atoms with Crippen molar-refractivity contribution >= 4 is 16.7 Å². The van der Waals surface area contributed by atoms with Crippen LogP contribution >= 0.6 is 0 Å². The fraction of sp³-hybridized carbons (Fsp3) is 0.292. The Morgan fingerprint density at radius 1 is 0.926 bits per heavy atom. The Bertz CT molecular complexity index is 913. The second kappa shape index (κ2) is 7.93. The average molecular weight is 361 g/mol. The van der Waals surface area contributed by atoms with E-state index in [0.29, 0.717) is 0 Å². The topological polar surface area (TPSA) is 38.3 Å². The highest BCUT2D eigenvalue weighted by Gasteiger charge is 2.39. The summed E-state index contributed by atoms with van der Waals surface area (Å²) in [6, 6.07) is 24.7. The van der Waals surface area contributed by atoms with Gasteiger partial charge in [-0.1, -0.05) is 72.8 Å². The van der Waals surface area contributed by atoms with Gasteiger partial charge in [0, 0.05) is 12.1 Å². The van der Waals surface area contributed by atoms with Crippen LogP contribution in [0, 0.1) is 5.41 Å². The third-order valence-electron chi connectivity index (χ3n) is 5.27. The molecule has 0 amide bonds. The van der Waals surface area contributed by atoms with E-state index in [1.165, 1.54) is 23.4 Å². The summed E-state index contributed by atoms with van der Waals surface area (Å²) in [7, 11) is 1.44. The summed E-state index contributed by atoms with van der Waals surface area (Å²) in [4.78, 5) is 12.5. The van der Waals surface area contributed by atoms with Gasteiger partial charge in [0.2, 0.25) is 0 Å². The molecule has 3 rings (SSSR count). The predicted molar refractivity (Wildman–Crippen MR) is 110 cm³/mol. The van der Waals surface area contributed by atoms with E-state index >= 15 is 0 Å². The van der Waals surface area contributed by atoms with Crippen LogP contribution in [-0.4, -0.2) is 13.1 Å². The number of carbonyl (C=O) groups excluding carboxylic acids is 1. The number of hydrogen-bond donors (Lipinski definition) is 1. The molecule has 0 saturated heterocycles. The van der Waals surface area contributed by atoms with Crippen LogP contribution in [0.3, 0.4) is 0 Å². The zero-order valence-corrected chi connectivity index (χ0v) is 16.4. The quantitative estimate of drug-likeness (QED) is 0.595. The Kier molecular flexibility index (Phi) is 5.62. The Labute approximate surface area is 161 Å². The van der Waals surface area contributed by atoms with Crippen LogP contribution in [0.1, 0.15) is 44.0 Å². The van der Waals surface area contributed by atoms with Crippen molar-refractivity contribution in [2.24, 2.45) is 5.41 Å². The van der Waals surface area contributed by atoms with E-state index in [-0.39, 0.29) is 18.1 Å². The normalized spacial score (nSPS) is 13.9. The van der Waals surface area contributed by atoms with Crippen molar-refractivity contribution in [3.05, 3.63) is 83.9 Å². The molecule has 0 fully saturated rings. The zero-order valence-electron chi connectivity index (χ0n) is 16.4. The number of esters is 1. The van der Waals surface area contributed by atoms with Gasteiger partial charge in [0.1, 0.15) is 0 Å². The number of rotatable bonds is 6. The molecule has 3 aromatic carbocycles. The molecular weight excluding hydrogens is 334 g/mol. The van der Waals surface area contributed by atoms with Gasteiger partial charge in [-0.25, -0.2) is 0 Å². The third-order valence-corrected chi connectivity index (χ3v) is 5.27. The number of hydrogen-bond acceptors (Lipinski definition) is 3. The molecule has 0 aliphatic carbocycles. The maximum Gasteiger partial charge on any atom is 0.313 e. The minimum absolute atomic E-state index is 0.0604. The minimum atomic E-state index is -0.713. The lowest BCUT2D eigenvalue weighted by Gasteiger charge is -2.35. The lowest BCUT2D eigenvalue weighted by Crippen LogP contribution is -2.41. The van der Waals surface area contributed by atoms with Crippen molar-refractivity contribution < 1.29 is 9.53 Å². The number of benzene rings is 3. The first-order valence-electron chi connectivity index (χ1n) is 9.32. The molecule has 1 N–H and O–H groups in total. The molecule has 2 atom stereocenters. The largest absolute Gasteiger partial charge is 0.469 e. The molecule has 3 aromatic rings. The van der Waals surface area contributed by atoms with Crippen LogP contribution in [0.2, 0.25) is 0 Å². The third kappa shape index (κ3) is 3.88. The van der Waals surface area contributed by atoms with Gasteiger partial charge < -0.3 is 10.1 Å². The zero-order chi connectivity index (χ0) is 19.4. The van der Waals surface area contributed by atoms with Gasteiger partial charge in [-0.3, -0.25) is 4.79 Å². The standard InChI is InChI=1S/C24H27NO2/c1-17(20-16-10-14-18-11-8-9-15-21(18)20)25-22(19-12-6-5-7-13-19)24(2,3)23(26)27-4/h5-17,22,25H,1-4H3/t17-,22-/m1/s1. The first-order valence-corrected chi connectivity index (χ1v) is 9.32. The maximum atomic E-state index is 12.5. The second-order valence-corrected chi connectivity index (χ2v) is 7.51. The molecular formula is C24H27NO2. The van der Waals surface area contributed by atoms with Gasteiger partial charge in [0.05, 0.1) is 12.5 Å². The molecule has 0 heterocycles. The number of nitrogens with one attached hydrogen (secondary N) is 1. The van der Waals surface area contributed by atoms with Crippen molar-refractivity contribution in [1.82, 2.24) is 5.32 Å². The number of fused-ring (bicyclic) bond motifs is 1. The molecule has 0 aliphatic heterocycles. The minimum Gasteiger partial charge on any atom is -0.469 e. The predicted octanol–water partition coefficient (Wildman–Crippen LogP) is 5.43. The van der Waals surface area contributed by atoms with Gasteiger partial charge in [-0.05, 0) is 42.7 Å². The van der Waals surface area contributed by atoms with E-state index < -0.39 is 5.41 Å². The van der Waals surface area contributed by atoms with Crippen LogP contribution in [0.5, 0.6) is 0 Å². The van der Waals surface area contributed by atoms with Crippen LogP contribution in [0.25, 0.3) is 10.8 Å². The van der Waals surface area contributed by atoms with Crippen molar-refractivity contribution in [2.45, 2.75) is 32.9 Å². The Balaban J connectivity index is 2.00. The lowest BCUT2D eigenvalue weighted by atomic mass is 9.79. The van der Waals surface area contributed by atoms with E-state index in [0.717, 1.165) is 5.56 Å². The van der Waals surface area contributed by atoms with Gasteiger partial charge >= 0.3 is 5.97 Å².